The van der Waals surface area contributed by atoms with Gasteiger partial charge in [-0.3, -0.25) is 14.4 Å². The average molecular weight is 595 g/mol. The molecule has 226 valence electrons. The first-order chi connectivity index (χ1) is 20.1. The Kier molecular flexibility index (Phi) is 9.27. The van der Waals surface area contributed by atoms with Gasteiger partial charge in [0.2, 0.25) is 17.7 Å². The van der Waals surface area contributed by atoms with Crippen LogP contribution in [0.15, 0.2) is 48.5 Å². The standard InChI is InChI=1S/C32H42N4O5S/c1-19(33-4)29(38)34-24-13-14-42-26-16-32(2,3)28(36(26)31(24)40)30(39)35-27-23-8-6-5-7-22(23)15-25(27)41-18-21-11-9-20(17-37)10-12-21/h5-12,19,24-28,33,37H,13-18H2,1-4H3,(H,34,38)(H,35,39)/t19?,24?,25-,26+,27+,28?/m1/s1. The number of fused-ring (bicyclic) bond motifs is 2. The lowest BCUT2D eigenvalue weighted by atomic mass is 9.83. The van der Waals surface area contributed by atoms with Gasteiger partial charge in [-0.1, -0.05) is 62.4 Å². The molecule has 0 bridgehead atoms. The Labute approximate surface area is 252 Å². The van der Waals surface area contributed by atoms with Crippen LogP contribution in [0.2, 0.25) is 0 Å². The third kappa shape index (κ3) is 6.22. The summed E-state index contributed by atoms with van der Waals surface area (Å²) in [5.74, 6) is 0.0989. The summed E-state index contributed by atoms with van der Waals surface area (Å²) in [7, 11) is 1.71. The monoisotopic (exact) mass is 594 g/mol. The molecule has 0 radical (unpaired) electrons. The van der Waals surface area contributed by atoms with Crippen molar-refractivity contribution in [3.63, 3.8) is 0 Å². The highest BCUT2D eigenvalue weighted by atomic mass is 32.2. The molecule has 2 saturated heterocycles. The first-order valence-corrected chi connectivity index (χ1v) is 15.8. The fraction of sp³-hybridized carbons (Fsp3) is 0.531. The molecule has 2 heterocycles. The number of likely N-dealkylation sites (N-methyl/N-ethyl adjacent to an activating group) is 1. The first kappa shape index (κ1) is 30.5. The van der Waals surface area contributed by atoms with Gasteiger partial charge in [0.1, 0.15) is 12.1 Å². The van der Waals surface area contributed by atoms with Crippen LogP contribution in [0.3, 0.4) is 0 Å². The van der Waals surface area contributed by atoms with E-state index in [9.17, 15) is 19.5 Å². The second-order valence-electron chi connectivity index (χ2n) is 12.2. The van der Waals surface area contributed by atoms with Crippen LogP contribution in [0.25, 0.3) is 0 Å². The highest BCUT2D eigenvalue weighted by Crippen LogP contribution is 2.47. The topological polar surface area (TPSA) is 120 Å². The minimum absolute atomic E-state index is 0.00817. The van der Waals surface area contributed by atoms with Gasteiger partial charge in [-0.15, -0.1) is 11.8 Å². The molecule has 2 aromatic carbocycles. The average Bonchev–Trinajstić information content (AvgIpc) is 3.42. The van der Waals surface area contributed by atoms with Crippen molar-refractivity contribution < 1.29 is 24.2 Å². The molecule has 6 atom stereocenters. The molecule has 1 aliphatic carbocycles. The molecule has 2 fully saturated rings. The maximum Gasteiger partial charge on any atom is 0.246 e. The molecular formula is C32H42N4O5S. The van der Waals surface area contributed by atoms with Gasteiger partial charge in [0.05, 0.1) is 36.8 Å². The lowest BCUT2D eigenvalue weighted by molar-refractivity contribution is -0.144. The van der Waals surface area contributed by atoms with E-state index in [0.29, 0.717) is 25.9 Å². The Bertz CT molecular complexity index is 1300. The molecule has 2 aromatic rings. The van der Waals surface area contributed by atoms with Crippen LogP contribution in [0.5, 0.6) is 0 Å². The van der Waals surface area contributed by atoms with Crippen molar-refractivity contribution in [2.45, 2.75) is 88.9 Å². The number of ether oxygens (including phenoxy) is 1. The summed E-state index contributed by atoms with van der Waals surface area (Å²) in [6.45, 7) is 6.21. The summed E-state index contributed by atoms with van der Waals surface area (Å²) < 4.78 is 6.40. The molecule has 0 saturated carbocycles. The van der Waals surface area contributed by atoms with Crippen molar-refractivity contribution in [1.82, 2.24) is 20.9 Å². The van der Waals surface area contributed by atoms with E-state index in [0.717, 1.165) is 28.0 Å². The Balaban J connectivity index is 1.35. The zero-order valence-electron chi connectivity index (χ0n) is 24.8. The number of nitrogens with one attached hydrogen (secondary N) is 3. The molecule has 3 unspecified atom stereocenters. The smallest absolute Gasteiger partial charge is 0.246 e. The minimum Gasteiger partial charge on any atom is -0.392 e. The van der Waals surface area contributed by atoms with Crippen LogP contribution < -0.4 is 16.0 Å². The maximum absolute atomic E-state index is 14.2. The minimum atomic E-state index is -0.679. The maximum atomic E-state index is 14.2. The summed E-state index contributed by atoms with van der Waals surface area (Å²) in [5.41, 5.74) is 3.54. The van der Waals surface area contributed by atoms with Gasteiger partial charge in [-0.2, -0.15) is 0 Å². The van der Waals surface area contributed by atoms with Crippen molar-refractivity contribution in [3.05, 3.63) is 70.8 Å². The van der Waals surface area contributed by atoms with Crippen molar-refractivity contribution in [2.24, 2.45) is 5.41 Å². The second-order valence-corrected chi connectivity index (χ2v) is 13.5. The normalized spacial score (nSPS) is 27.1. The van der Waals surface area contributed by atoms with Crippen LogP contribution in [0.1, 0.15) is 61.9 Å². The van der Waals surface area contributed by atoms with Crippen LogP contribution in [-0.4, -0.2) is 70.1 Å². The zero-order valence-corrected chi connectivity index (χ0v) is 25.6. The zero-order chi connectivity index (χ0) is 30.0. The molecule has 9 nitrogen and oxygen atoms in total. The lowest BCUT2D eigenvalue weighted by Gasteiger charge is -2.35. The van der Waals surface area contributed by atoms with E-state index in [1.165, 1.54) is 0 Å². The van der Waals surface area contributed by atoms with E-state index in [-0.39, 0.29) is 41.8 Å². The molecule has 0 spiro atoms. The summed E-state index contributed by atoms with van der Waals surface area (Å²) >= 11 is 1.68. The van der Waals surface area contributed by atoms with E-state index in [4.69, 9.17) is 4.74 Å². The third-order valence-corrected chi connectivity index (χ3v) is 10.1. The fourth-order valence-corrected chi connectivity index (χ4v) is 7.92. The summed E-state index contributed by atoms with van der Waals surface area (Å²) in [6.07, 6.45) is 1.62. The summed E-state index contributed by atoms with van der Waals surface area (Å²) in [5, 5.41) is 18.4. The number of thioether (sulfide) groups is 1. The van der Waals surface area contributed by atoms with Gasteiger partial charge >= 0.3 is 0 Å². The van der Waals surface area contributed by atoms with E-state index in [2.05, 4.69) is 22.0 Å². The fourth-order valence-electron chi connectivity index (χ4n) is 6.34. The van der Waals surface area contributed by atoms with E-state index in [1.54, 1.807) is 30.6 Å². The number of rotatable bonds is 9. The number of carbonyl (C=O) groups is 3. The van der Waals surface area contributed by atoms with Crippen LogP contribution >= 0.6 is 11.8 Å². The van der Waals surface area contributed by atoms with Gasteiger partial charge < -0.3 is 30.7 Å². The lowest BCUT2D eigenvalue weighted by Crippen LogP contribution is -2.58. The van der Waals surface area contributed by atoms with Crippen molar-refractivity contribution in [3.8, 4) is 0 Å². The van der Waals surface area contributed by atoms with E-state index in [1.807, 2.05) is 56.3 Å². The molecule has 42 heavy (non-hydrogen) atoms. The Morgan fingerprint density at radius 2 is 1.83 bits per heavy atom. The van der Waals surface area contributed by atoms with Crippen LogP contribution in [0, 0.1) is 5.41 Å². The van der Waals surface area contributed by atoms with Crippen molar-refractivity contribution >= 4 is 29.5 Å². The molecule has 5 rings (SSSR count). The number of aliphatic hydroxyl groups is 1. The van der Waals surface area contributed by atoms with Crippen LogP contribution in [-0.2, 0) is 38.8 Å². The molecule has 3 aliphatic rings. The molecule has 10 heteroatoms. The number of benzene rings is 2. The van der Waals surface area contributed by atoms with Gasteiger partial charge in [0.25, 0.3) is 0 Å². The van der Waals surface area contributed by atoms with E-state index < -0.39 is 23.5 Å². The van der Waals surface area contributed by atoms with Crippen molar-refractivity contribution in [2.75, 3.05) is 12.8 Å². The molecule has 3 amide bonds. The molecule has 0 aromatic heterocycles. The van der Waals surface area contributed by atoms with Gasteiger partial charge in [-0.05, 0) is 60.2 Å². The predicted molar refractivity (Wildman–Crippen MR) is 162 cm³/mol. The SMILES string of the molecule is CNC(C)C(=O)NC1CCS[C@H]2CC(C)(C)C(C(=O)N[C@H]3c4ccccc4C[C@H]3OCc3ccc(CO)cc3)N2C1=O. The summed E-state index contributed by atoms with van der Waals surface area (Å²) in [6, 6.07) is 13.6. The van der Waals surface area contributed by atoms with Crippen LogP contribution in [0.4, 0.5) is 0 Å². The Morgan fingerprint density at radius 3 is 2.55 bits per heavy atom. The molecule has 4 N–H and O–H groups in total. The Hall–Kier alpha value is -2.92. The predicted octanol–water partition coefficient (Wildman–Crippen LogP) is 2.66. The Morgan fingerprint density at radius 1 is 1.12 bits per heavy atom. The number of hydrogen-bond donors (Lipinski definition) is 4. The number of amides is 3. The first-order valence-electron chi connectivity index (χ1n) is 14.7. The van der Waals surface area contributed by atoms with E-state index >= 15 is 0 Å². The number of nitrogens with zero attached hydrogens (tertiary/aromatic N) is 1. The highest BCUT2D eigenvalue weighted by molar-refractivity contribution is 7.99. The quantitative estimate of drug-likeness (QED) is 0.353. The van der Waals surface area contributed by atoms with Gasteiger partial charge in [0.15, 0.2) is 0 Å². The molecular weight excluding hydrogens is 552 g/mol. The highest BCUT2D eigenvalue weighted by Gasteiger charge is 2.55. The number of carbonyl (C=O) groups excluding carboxylic acids is 3. The number of hydrogen-bond acceptors (Lipinski definition) is 7. The summed E-state index contributed by atoms with van der Waals surface area (Å²) in [4.78, 5) is 42.6. The number of aliphatic hydroxyl groups excluding tert-OH is 1. The van der Waals surface area contributed by atoms with Gasteiger partial charge in [-0.25, -0.2) is 0 Å². The van der Waals surface area contributed by atoms with Crippen molar-refractivity contribution in [1.29, 1.82) is 0 Å². The third-order valence-electron chi connectivity index (χ3n) is 8.84. The largest absolute Gasteiger partial charge is 0.392 e. The molecule has 2 aliphatic heterocycles. The van der Waals surface area contributed by atoms with Gasteiger partial charge in [0, 0.05) is 6.42 Å². The second kappa shape index (κ2) is 12.8.